The Kier molecular flexibility index (Phi) is 6.35. The zero-order valence-corrected chi connectivity index (χ0v) is 20.6. The quantitative estimate of drug-likeness (QED) is 0.384. The Morgan fingerprint density at radius 1 is 1.35 bits per heavy atom. The van der Waals surface area contributed by atoms with Crippen LogP contribution in [0.2, 0.25) is 0 Å². The minimum absolute atomic E-state index is 0.357. The van der Waals surface area contributed by atoms with Crippen LogP contribution < -0.4 is 4.90 Å². The lowest BCUT2D eigenvalue weighted by Gasteiger charge is -2.27. The summed E-state index contributed by atoms with van der Waals surface area (Å²) in [4.78, 5) is 17.4. The standard InChI is InChI=1S/C24H31N3O2S2/c1-15(11-17-8-9-17)12-20-16(2)21-22(31-20)19(13-25-26-21)27(14-18-7-6-10-30-18)23(28)29-24(3,4)5/h6-7,10,13,15,17H,8-9,11-12,14H2,1-5H3. The van der Waals surface area contributed by atoms with Crippen LogP contribution in [0, 0.1) is 18.8 Å². The van der Waals surface area contributed by atoms with E-state index in [0.29, 0.717) is 12.5 Å². The van der Waals surface area contributed by atoms with Crippen molar-refractivity contribution in [3.05, 3.63) is 39.0 Å². The third-order valence-electron chi connectivity index (χ3n) is 5.55. The Morgan fingerprint density at radius 3 is 2.77 bits per heavy atom. The van der Waals surface area contributed by atoms with Crippen molar-refractivity contribution < 1.29 is 9.53 Å². The number of thiophene rings is 2. The van der Waals surface area contributed by atoms with E-state index in [1.54, 1.807) is 33.8 Å². The Labute approximate surface area is 192 Å². The summed E-state index contributed by atoms with van der Waals surface area (Å²) in [5.41, 5.74) is 2.30. The van der Waals surface area contributed by atoms with Gasteiger partial charge in [-0.05, 0) is 69.4 Å². The Balaban J connectivity index is 1.69. The van der Waals surface area contributed by atoms with E-state index in [4.69, 9.17) is 4.74 Å². The average molecular weight is 458 g/mol. The molecule has 0 N–H and O–H groups in total. The predicted molar refractivity (Wildman–Crippen MR) is 129 cm³/mol. The first-order valence-corrected chi connectivity index (χ1v) is 12.7. The second-order valence-corrected chi connectivity index (χ2v) is 11.8. The van der Waals surface area contributed by atoms with Gasteiger partial charge in [0.2, 0.25) is 0 Å². The van der Waals surface area contributed by atoms with Gasteiger partial charge in [-0.3, -0.25) is 4.90 Å². The third kappa shape index (κ3) is 5.44. The lowest BCUT2D eigenvalue weighted by atomic mass is 9.98. The predicted octanol–water partition coefficient (Wildman–Crippen LogP) is 6.98. The second kappa shape index (κ2) is 8.87. The highest BCUT2D eigenvalue weighted by molar-refractivity contribution is 7.19. The van der Waals surface area contributed by atoms with E-state index in [1.165, 1.54) is 29.7 Å². The number of hydrogen-bond donors (Lipinski definition) is 0. The molecule has 3 heterocycles. The number of aryl methyl sites for hydroxylation is 1. The maximum atomic E-state index is 13.2. The van der Waals surface area contributed by atoms with Gasteiger partial charge in [0.15, 0.2) is 0 Å². The smallest absolute Gasteiger partial charge is 0.415 e. The minimum Gasteiger partial charge on any atom is -0.443 e. The molecule has 0 bridgehead atoms. The zero-order valence-electron chi connectivity index (χ0n) is 19.0. The number of ether oxygens (including phenoxy) is 1. The normalized spacial score (nSPS) is 15.3. The van der Waals surface area contributed by atoms with Crippen LogP contribution in [-0.2, 0) is 17.7 Å². The Morgan fingerprint density at radius 2 is 2.13 bits per heavy atom. The third-order valence-corrected chi connectivity index (χ3v) is 7.74. The summed E-state index contributed by atoms with van der Waals surface area (Å²) in [5.74, 6) is 1.58. The number of carbonyl (C=O) groups excluding carboxylic acids is 1. The topological polar surface area (TPSA) is 55.3 Å². The SMILES string of the molecule is Cc1c(CC(C)CC2CC2)sc2c(N(Cc3cccs3)C(=O)OC(C)(C)C)cnnc12. The van der Waals surface area contributed by atoms with Crippen LogP contribution in [0.5, 0.6) is 0 Å². The lowest BCUT2D eigenvalue weighted by molar-refractivity contribution is 0.0578. The average Bonchev–Trinajstić information content (AvgIpc) is 3.23. The van der Waals surface area contributed by atoms with Crippen LogP contribution in [0.25, 0.3) is 10.2 Å². The van der Waals surface area contributed by atoms with Crippen molar-refractivity contribution in [1.29, 1.82) is 0 Å². The molecule has 1 aliphatic carbocycles. The molecule has 166 valence electrons. The van der Waals surface area contributed by atoms with Gasteiger partial charge in [0, 0.05) is 9.75 Å². The van der Waals surface area contributed by atoms with E-state index >= 15 is 0 Å². The van der Waals surface area contributed by atoms with Gasteiger partial charge in [0.25, 0.3) is 0 Å². The highest BCUT2D eigenvalue weighted by Crippen LogP contribution is 2.40. The van der Waals surface area contributed by atoms with Gasteiger partial charge in [-0.2, -0.15) is 5.10 Å². The highest BCUT2D eigenvalue weighted by Gasteiger charge is 2.28. The maximum absolute atomic E-state index is 13.2. The maximum Gasteiger partial charge on any atom is 0.415 e. The van der Waals surface area contributed by atoms with Gasteiger partial charge < -0.3 is 4.74 Å². The molecule has 1 saturated carbocycles. The summed E-state index contributed by atoms with van der Waals surface area (Å²) in [6.07, 6.45) is 6.48. The van der Waals surface area contributed by atoms with Crippen LogP contribution in [0.1, 0.15) is 62.3 Å². The number of fused-ring (bicyclic) bond motifs is 1. The molecule has 1 aliphatic rings. The molecule has 1 amide bonds. The molecule has 0 saturated heterocycles. The van der Waals surface area contributed by atoms with Crippen LogP contribution in [0.15, 0.2) is 23.7 Å². The zero-order chi connectivity index (χ0) is 22.2. The first-order valence-electron chi connectivity index (χ1n) is 11.0. The van der Waals surface area contributed by atoms with Crippen molar-refractivity contribution in [1.82, 2.24) is 10.2 Å². The largest absolute Gasteiger partial charge is 0.443 e. The van der Waals surface area contributed by atoms with E-state index < -0.39 is 5.60 Å². The number of nitrogens with zero attached hydrogens (tertiary/aromatic N) is 3. The van der Waals surface area contributed by atoms with Crippen LogP contribution in [0.3, 0.4) is 0 Å². The molecule has 7 heteroatoms. The molecule has 1 atom stereocenters. The number of hydrogen-bond acceptors (Lipinski definition) is 6. The molecule has 0 aromatic carbocycles. The van der Waals surface area contributed by atoms with Crippen LogP contribution in [-0.4, -0.2) is 21.9 Å². The van der Waals surface area contributed by atoms with E-state index in [1.807, 2.05) is 38.3 Å². The molecular weight excluding hydrogens is 426 g/mol. The molecule has 5 nitrogen and oxygen atoms in total. The van der Waals surface area contributed by atoms with Crippen molar-refractivity contribution in [2.24, 2.45) is 11.8 Å². The first kappa shape index (κ1) is 22.2. The lowest BCUT2D eigenvalue weighted by Crippen LogP contribution is -2.36. The van der Waals surface area contributed by atoms with E-state index in [-0.39, 0.29) is 6.09 Å². The first-order chi connectivity index (χ1) is 14.7. The molecule has 0 spiro atoms. The molecule has 0 aliphatic heterocycles. The molecule has 0 radical (unpaired) electrons. The van der Waals surface area contributed by atoms with E-state index in [0.717, 1.165) is 33.1 Å². The van der Waals surface area contributed by atoms with Gasteiger partial charge in [-0.1, -0.05) is 25.8 Å². The summed E-state index contributed by atoms with van der Waals surface area (Å²) in [6.45, 7) is 10.6. The fraction of sp³-hybridized carbons (Fsp3) is 0.542. The number of rotatable bonds is 7. The summed E-state index contributed by atoms with van der Waals surface area (Å²) in [7, 11) is 0. The van der Waals surface area contributed by atoms with E-state index in [2.05, 4.69) is 24.0 Å². The minimum atomic E-state index is -0.570. The highest BCUT2D eigenvalue weighted by atomic mass is 32.1. The number of anilines is 1. The number of amides is 1. The van der Waals surface area contributed by atoms with Gasteiger partial charge in [0.05, 0.1) is 23.1 Å². The molecule has 1 fully saturated rings. The molecule has 31 heavy (non-hydrogen) atoms. The van der Waals surface area contributed by atoms with Crippen molar-refractivity contribution in [3.63, 3.8) is 0 Å². The van der Waals surface area contributed by atoms with Crippen molar-refractivity contribution in [2.45, 2.75) is 72.4 Å². The molecule has 3 aromatic heterocycles. The van der Waals surface area contributed by atoms with Crippen LogP contribution in [0.4, 0.5) is 10.5 Å². The summed E-state index contributed by atoms with van der Waals surface area (Å²) in [6, 6.07) is 4.04. The Hall–Kier alpha value is -1.99. The van der Waals surface area contributed by atoms with Crippen molar-refractivity contribution >= 4 is 44.7 Å². The monoisotopic (exact) mass is 457 g/mol. The van der Waals surface area contributed by atoms with Crippen LogP contribution >= 0.6 is 22.7 Å². The molecule has 3 aromatic rings. The molecule has 1 unspecified atom stereocenters. The van der Waals surface area contributed by atoms with Gasteiger partial charge in [-0.15, -0.1) is 27.8 Å². The fourth-order valence-electron chi connectivity index (χ4n) is 3.88. The Bertz CT molecular complexity index is 1050. The van der Waals surface area contributed by atoms with Gasteiger partial charge in [0.1, 0.15) is 11.1 Å². The second-order valence-electron chi connectivity index (χ2n) is 9.69. The van der Waals surface area contributed by atoms with Gasteiger partial charge >= 0.3 is 6.09 Å². The fourth-order valence-corrected chi connectivity index (χ4v) is 5.99. The molecular formula is C24H31N3O2S2. The van der Waals surface area contributed by atoms with Crippen molar-refractivity contribution in [2.75, 3.05) is 4.90 Å². The number of aromatic nitrogens is 2. The summed E-state index contributed by atoms with van der Waals surface area (Å²) >= 11 is 3.39. The summed E-state index contributed by atoms with van der Waals surface area (Å²) in [5, 5.41) is 10.7. The summed E-state index contributed by atoms with van der Waals surface area (Å²) < 4.78 is 6.77. The van der Waals surface area contributed by atoms with Gasteiger partial charge in [-0.25, -0.2) is 4.79 Å². The number of carbonyl (C=O) groups is 1. The van der Waals surface area contributed by atoms with E-state index in [9.17, 15) is 4.79 Å². The van der Waals surface area contributed by atoms with Crippen molar-refractivity contribution in [3.8, 4) is 0 Å². The molecule has 4 rings (SSSR count).